The summed E-state index contributed by atoms with van der Waals surface area (Å²) in [6.45, 7) is 5.74. The molecule has 0 aliphatic carbocycles. The van der Waals surface area contributed by atoms with E-state index in [1.54, 1.807) is 0 Å². The molecule has 0 bridgehead atoms. The smallest absolute Gasteiger partial charge is 0.209 e. The fraction of sp³-hybridized carbons (Fsp3) is 0.455. The molecule has 2 rings (SSSR count). The molecule has 0 saturated carbocycles. The van der Waals surface area contributed by atoms with E-state index in [9.17, 15) is 0 Å². The fourth-order valence-electron chi connectivity index (χ4n) is 1.52. The summed E-state index contributed by atoms with van der Waals surface area (Å²) in [5.41, 5.74) is 5.99. The lowest BCUT2D eigenvalue weighted by molar-refractivity contribution is 0.464. The summed E-state index contributed by atoms with van der Waals surface area (Å²) < 4.78 is 5.62. The number of nitrogens with two attached hydrogens (primary N) is 1. The Kier molecular flexibility index (Phi) is 3.54. The van der Waals surface area contributed by atoms with Gasteiger partial charge in [0.25, 0.3) is 0 Å². The zero-order valence-corrected chi connectivity index (χ0v) is 10.9. The Balaban J connectivity index is 2.18. The molecule has 0 aliphatic rings. The molecule has 0 radical (unpaired) electrons. The van der Waals surface area contributed by atoms with E-state index >= 15 is 0 Å². The van der Waals surface area contributed by atoms with Gasteiger partial charge in [-0.05, 0) is 32.9 Å². The van der Waals surface area contributed by atoms with Crippen LogP contribution in [-0.2, 0) is 0 Å². The van der Waals surface area contributed by atoms with Gasteiger partial charge in [-0.15, -0.1) is 5.10 Å². The van der Waals surface area contributed by atoms with E-state index in [0.717, 1.165) is 17.3 Å². The summed E-state index contributed by atoms with van der Waals surface area (Å²) in [5.74, 6) is 2.55. The van der Waals surface area contributed by atoms with Crippen LogP contribution in [0.4, 0.5) is 0 Å². The van der Waals surface area contributed by atoms with Crippen molar-refractivity contribution in [3.8, 4) is 0 Å². The van der Waals surface area contributed by atoms with E-state index in [-0.39, 0.29) is 11.3 Å². The number of aromatic nitrogens is 3. The number of furan rings is 1. The maximum atomic E-state index is 5.99. The maximum absolute atomic E-state index is 5.99. The van der Waals surface area contributed by atoms with Gasteiger partial charge >= 0.3 is 0 Å². The first-order chi connectivity index (χ1) is 8.06. The lowest BCUT2D eigenvalue weighted by atomic mass is 10.2. The summed E-state index contributed by atoms with van der Waals surface area (Å²) in [4.78, 5) is 4.26. The van der Waals surface area contributed by atoms with Crippen LogP contribution in [0.15, 0.2) is 21.7 Å². The molecule has 2 aromatic rings. The van der Waals surface area contributed by atoms with Gasteiger partial charge in [0.2, 0.25) is 5.16 Å². The molecule has 92 valence electrons. The Morgan fingerprint density at radius 2 is 2.18 bits per heavy atom. The normalized spacial score (nSPS) is 14.8. The molecule has 17 heavy (non-hydrogen) atoms. The van der Waals surface area contributed by atoms with Gasteiger partial charge in [0.05, 0.1) is 5.25 Å². The average molecular weight is 252 g/mol. The Morgan fingerprint density at radius 1 is 1.41 bits per heavy atom. The molecule has 0 saturated heterocycles. The van der Waals surface area contributed by atoms with Gasteiger partial charge in [-0.3, -0.25) is 5.10 Å². The largest absolute Gasteiger partial charge is 0.465 e. The highest BCUT2D eigenvalue weighted by molar-refractivity contribution is 7.99. The molecular formula is C11H16N4OS. The minimum atomic E-state index is -0.0376. The summed E-state index contributed by atoms with van der Waals surface area (Å²) in [6, 6.07) is 3.86. The van der Waals surface area contributed by atoms with E-state index in [2.05, 4.69) is 15.2 Å². The molecule has 0 aromatic carbocycles. The van der Waals surface area contributed by atoms with Crippen LogP contribution in [0.3, 0.4) is 0 Å². The van der Waals surface area contributed by atoms with Gasteiger partial charge in [0.1, 0.15) is 17.3 Å². The van der Waals surface area contributed by atoms with Gasteiger partial charge in [0, 0.05) is 6.04 Å². The van der Waals surface area contributed by atoms with Crippen molar-refractivity contribution < 1.29 is 4.42 Å². The molecule has 0 amide bonds. The van der Waals surface area contributed by atoms with E-state index < -0.39 is 0 Å². The Labute approximate surface area is 104 Å². The minimum Gasteiger partial charge on any atom is -0.465 e. The lowest BCUT2D eigenvalue weighted by Gasteiger charge is -2.15. The zero-order valence-electron chi connectivity index (χ0n) is 10.1. The van der Waals surface area contributed by atoms with Crippen molar-refractivity contribution in [2.75, 3.05) is 0 Å². The van der Waals surface area contributed by atoms with Crippen LogP contribution in [-0.4, -0.2) is 21.2 Å². The first kappa shape index (κ1) is 12.2. The van der Waals surface area contributed by atoms with Crippen LogP contribution < -0.4 is 5.73 Å². The van der Waals surface area contributed by atoms with E-state index in [1.165, 1.54) is 11.8 Å². The number of rotatable bonds is 4. The van der Waals surface area contributed by atoms with Crippen LogP contribution in [0.25, 0.3) is 0 Å². The molecule has 5 nitrogen and oxygen atoms in total. The van der Waals surface area contributed by atoms with E-state index in [1.807, 2.05) is 32.9 Å². The van der Waals surface area contributed by atoms with Crippen molar-refractivity contribution in [3.63, 3.8) is 0 Å². The van der Waals surface area contributed by atoms with Crippen LogP contribution >= 0.6 is 11.8 Å². The summed E-state index contributed by atoms with van der Waals surface area (Å²) in [5, 5.41) is 7.64. The topological polar surface area (TPSA) is 80.7 Å². The molecule has 3 N–H and O–H groups in total. The lowest BCUT2D eigenvalue weighted by Crippen LogP contribution is -2.22. The van der Waals surface area contributed by atoms with Crippen molar-refractivity contribution in [1.29, 1.82) is 0 Å². The second-order valence-corrected chi connectivity index (χ2v) is 5.16. The first-order valence-corrected chi connectivity index (χ1v) is 6.32. The Hall–Kier alpha value is -1.27. The number of hydrogen-bond donors (Lipinski definition) is 2. The third-order valence-corrected chi connectivity index (χ3v) is 3.64. The predicted octanol–water partition coefficient (Wildman–Crippen LogP) is 2.20. The Bertz CT molecular complexity index is 491. The molecule has 0 aliphatic heterocycles. The minimum absolute atomic E-state index is 0.0268. The van der Waals surface area contributed by atoms with Crippen LogP contribution in [0.1, 0.15) is 29.5 Å². The van der Waals surface area contributed by atoms with Gasteiger partial charge in [-0.2, -0.15) is 0 Å². The molecular weight excluding hydrogens is 236 g/mol. The first-order valence-electron chi connectivity index (χ1n) is 5.44. The quantitative estimate of drug-likeness (QED) is 0.815. The molecule has 6 heteroatoms. The number of H-pyrrole nitrogens is 1. The van der Waals surface area contributed by atoms with Gasteiger partial charge in [-0.1, -0.05) is 11.8 Å². The molecule has 2 aromatic heterocycles. The fourth-order valence-corrected chi connectivity index (χ4v) is 2.49. The Morgan fingerprint density at radius 3 is 2.65 bits per heavy atom. The van der Waals surface area contributed by atoms with Crippen LogP contribution in [0, 0.1) is 13.8 Å². The molecule has 2 unspecified atom stereocenters. The van der Waals surface area contributed by atoms with Gasteiger partial charge < -0.3 is 10.2 Å². The van der Waals surface area contributed by atoms with Crippen molar-refractivity contribution in [1.82, 2.24) is 15.2 Å². The molecule has 2 heterocycles. The maximum Gasteiger partial charge on any atom is 0.209 e. The van der Waals surface area contributed by atoms with Crippen molar-refractivity contribution in [3.05, 3.63) is 29.5 Å². The predicted molar refractivity (Wildman–Crippen MR) is 66.8 cm³/mol. The van der Waals surface area contributed by atoms with Gasteiger partial charge in [0.15, 0.2) is 0 Å². The summed E-state index contributed by atoms with van der Waals surface area (Å²) in [7, 11) is 0. The van der Waals surface area contributed by atoms with Crippen molar-refractivity contribution in [2.45, 2.75) is 37.2 Å². The number of aryl methyl sites for hydroxylation is 2. The number of nitrogens with one attached hydrogen (secondary N) is 1. The molecule has 0 fully saturated rings. The van der Waals surface area contributed by atoms with E-state index in [0.29, 0.717) is 5.16 Å². The number of hydrogen-bond acceptors (Lipinski definition) is 5. The SMILES string of the molecule is Cc1nc(SC(c2ccc(C)o2)C(C)N)n[nH]1. The number of nitrogens with zero attached hydrogens (tertiary/aromatic N) is 2. The highest BCUT2D eigenvalue weighted by Crippen LogP contribution is 2.36. The molecule has 0 spiro atoms. The second kappa shape index (κ2) is 4.93. The highest BCUT2D eigenvalue weighted by atomic mass is 32.2. The van der Waals surface area contributed by atoms with Crippen LogP contribution in [0.2, 0.25) is 0 Å². The molecule has 2 atom stereocenters. The average Bonchev–Trinajstić information content (AvgIpc) is 2.83. The summed E-state index contributed by atoms with van der Waals surface area (Å²) >= 11 is 1.51. The second-order valence-electron chi connectivity index (χ2n) is 4.05. The van der Waals surface area contributed by atoms with Crippen LogP contribution in [0.5, 0.6) is 0 Å². The van der Waals surface area contributed by atoms with Gasteiger partial charge in [-0.25, -0.2) is 4.98 Å². The van der Waals surface area contributed by atoms with E-state index in [4.69, 9.17) is 10.2 Å². The number of thioether (sulfide) groups is 1. The zero-order chi connectivity index (χ0) is 12.4. The third kappa shape index (κ3) is 2.89. The number of aromatic amines is 1. The third-order valence-electron chi connectivity index (χ3n) is 2.33. The highest BCUT2D eigenvalue weighted by Gasteiger charge is 2.22. The van der Waals surface area contributed by atoms with Crippen molar-refractivity contribution >= 4 is 11.8 Å². The monoisotopic (exact) mass is 252 g/mol. The standard InChI is InChI=1S/C11H16N4OS/c1-6-4-5-9(16-6)10(7(2)12)17-11-13-8(3)14-15-11/h4-5,7,10H,12H2,1-3H3,(H,13,14,15). The van der Waals surface area contributed by atoms with Crippen molar-refractivity contribution in [2.24, 2.45) is 5.73 Å². The summed E-state index contributed by atoms with van der Waals surface area (Å²) in [6.07, 6.45) is 0.